The molecule has 0 bridgehead atoms. The highest BCUT2D eigenvalue weighted by Gasteiger charge is 2.40. The van der Waals surface area contributed by atoms with Gasteiger partial charge in [0, 0.05) is 16.0 Å². The van der Waals surface area contributed by atoms with E-state index >= 15 is 0 Å². The van der Waals surface area contributed by atoms with Gasteiger partial charge >= 0.3 is 0 Å². The molecule has 1 heterocycles. The van der Waals surface area contributed by atoms with Crippen LogP contribution in [0.1, 0.15) is 11.1 Å². The van der Waals surface area contributed by atoms with E-state index < -0.39 is 11.8 Å². The van der Waals surface area contributed by atoms with Crippen LogP contribution in [0, 0.1) is 13.8 Å². The van der Waals surface area contributed by atoms with Crippen molar-refractivity contribution in [2.45, 2.75) is 18.7 Å². The second kappa shape index (κ2) is 9.83. The first-order valence-corrected chi connectivity index (χ1v) is 11.6. The molecular formula is C26H23ClN2O4S. The average Bonchev–Trinajstić information content (AvgIpc) is 3.04. The Kier molecular flexibility index (Phi) is 6.86. The van der Waals surface area contributed by atoms with Crippen LogP contribution in [0.5, 0.6) is 11.5 Å². The van der Waals surface area contributed by atoms with Crippen molar-refractivity contribution < 1.29 is 19.1 Å². The normalized spacial score (nSPS) is 13.5. The number of carbonyl (C=O) groups is 2. The summed E-state index contributed by atoms with van der Waals surface area (Å²) in [6, 6.07) is 17.9. The number of imide groups is 1. The Bertz CT molecular complexity index is 1280. The lowest BCUT2D eigenvalue weighted by molar-refractivity contribution is -0.120. The molecule has 0 aliphatic carbocycles. The van der Waals surface area contributed by atoms with Crippen molar-refractivity contribution in [1.82, 2.24) is 0 Å². The highest BCUT2D eigenvalue weighted by molar-refractivity contribution is 8.04. The number of amides is 2. The molecule has 4 rings (SSSR count). The number of methoxy groups -OCH3 is 2. The summed E-state index contributed by atoms with van der Waals surface area (Å²) in [5.74, 6) is 0.250. The number of carbonyl (C=O) groups excluding carboxylic acids is 2. The predicted molar refractivity (Wildman–Crippen MR) is 136 cm³/mol. The van der Waals surface area contributed by atoms with Crippen molar-refractivity contribution >= 4 is 46.6 Å². The van der Waals surface area contributed by atoms with Crippen molar-refractivity contribution in [1.29, 1.82) is 0 Å². The third-order valence-electron chi connectivity index (χ3n) is 5.21. The number of hydrogen-bond acceptors (Lipinski definition) is 6. The number of aryl methyl sites for hydroxylation is 2. The lowest BCUT2D eigenvalue weighted by Crippen LogP contribution is -2.32. The number of rotatable bonds is 7. The van der Waals surface area contributed by atoms with Crippen molar-refractivity contribution in [2.75, 3.05) is 24.4 Å². The number of nitrogens with zero attached hydrogens (tertiary/aromatic N) is 1. The maximum absolute atomic E-state index is 13.6. The molecule has 6 nitrogen and oxygen atoms in total. The summed E-state index contributed by atoms with van der Waals surface area (Å²) in [4.78, 5) is 29.4. The van der Waals surface area contributed by atoms with E-state index in [2.05, 4.69) is 5.32 Å². The van der Waals surface area contributed by atoms with Gasteiger partial charge < -0.3 is 14.8 Å². The molecule has 0 aromatic heterocycles. The summed E-state index contributed by atoms with van der Waals surface area (Å²) in [7, 11) is 3.09. The van der Waals surface area contributed by atoms with Crippen LogP contribution in [-0.2, 0) is 9.59 Å². The van der Waals surface area contributed by atoms with Crippen LogP contribution in [0.25, 0.3) is 0 Å². The monoisotopic (exact) mass is 494 g/mol. The van der Waals surface area contributed by atoms with Crippen LogP contribution in [0.3, 0.4) is 0 Å². The van der Waals surface area contributed by atoms with Crippen LogP contribution >= 0.6 is 23.4 Å². The Morgan fingerprint density at radius 2 is 1.53 bits per heavy atom. The van der Waals surface area contributed by atoms with Gasteiger partial charge in [-0.15, -0.1) is 0 Å². The van der Waals surface area contributed by atoms with Crippen LogP contribution < -0.4 is 19.7 Å². The van der Waals surface area contributed by atoms with Gasteiger partial charge in [0.1, 0.15) is 22.1 Å². The maximum atomic E-state index is 13.6. The standard InChI is InChI=1S/C26H23ClN2O4S/c1-15-11-16(2)13-18(12-15)29-25(30)23(28-21-10-7-19(32-3)14-22(21)33-4)24(26(29)31)34-20-8-5-17(27)6-9-20/h5-14,28H,1-4H3. The van der Waals surface area contributed by atoms with Gasteiger partial charge in [0.2, 0.25) is 0 Å². The molecule has 0 fully saturated rings. The molecule has 34 heavy (non-hydrogen) atoms. The Hall–Kier alpha value is -3.42. The summed E-state index contributed by atoms with van der Waals surface area (Å²) in [5.41, 5.74) is 3.16. The fraction of sp³-hybridized carbons (Fsp3) is 0.154. The van der Waals surface area contributed by atoms with Gasteiger partial charge in [-0.3, -0.25) is 9.59 Å². The fourth-order valence-corrected chi connectivity index (χ4v) is 4.74. The Balaban J connectivity index is 1.78. The minimum Gasteiger partial charge on any atom is -0.497 e. The van der Waals surface area contributed by atoms with Crippen LogP contribution in [0.15, 0.2) is 76.2 Å². The SMILES string of the molecule is COc1ccc(NC2=C(Sc3ccc(Cl)cc3)C(=O)N(c3cc(C)cc(C)c3)C2=O)c(OC)c1. The lowest BCUT2D eigenvalue weighted by atomic mass is 10.1. The average molecular weight is 495 g/mol. The van der Waals surface area contributed by atoms with E-state index in [0.29, 0.717) is 27.9 Å². The first-order valence-electron chi connectivity index (χ1n) is 10.4. The Morgan fingerprint density at radius 3 is 2.15 bits per heavy atom. The summed E-state index contributed by atoms with van der Waals surface area (Å²) in [6.07, 6.45) is 0. The molecule has 8 heteroatoms. The number of halogens is 1. The minimum atomic E-state index is -0.440. The third kappa shape index (κ3) is 4.76. The van der Waals surface area contributed by atoms with E-state index in [-0.39, 0.29) is 10.6 Å². The number of nitrogens with one attached hydrogen (secondary N) is 1. The zero-order chi connectivity index (χ0) is 24.4. The molecule has 1 N–H and O–H groups in total. The van der Waals surface area contributed by atoms with Crippen molar-refractivity contribution in [2.24, 2.45) is 0 Å². The number of thioether (sulfide) groups is 1. The van der Waals surface area contributed by atoms with Crippen molar-refractivity contribution in [3.05, 3.63) is 87.4 Å². The zero-order valence-corrected chi connectivity index (χ0v) is 20.7. The van der Waals surface area contributed by atoms with Gasteiger partial charge in [-0.2, -0.15) is 0 Å². The molecule has 0 radical (unpaired) electrons. The van der Waals surface area contributed by atoms with Crippen LogP contribution in [-0.4, -0.2) is 26.0 Å². The van der Waals surface area contributed by atoms with Gasteiger partial charge in [0.15, 0.2) is 0 Å². The molecule has 1 aliphatic heterocycles. The van der Waals surface area contributed by atoms with E-state index in [1.165, 1.54) is 23.8 Å². The van der Waals surface area contributed by atoms with Crippen LogP contribution in [0.2, 0.25) is 5.02 Å². The molecule has 0 atom stereocenters. The second-order valence-electron chi connectivity index (χ2n) is 7.74. The summed E-state index contributed by atoms with van der Waals surface area (Å²) >= 11 is 7.23. The first-order chi connectivity index (χ1) is 16.3. The van der Waals surface area contributed by atoms with E-state index in [4.69, 9.17) is 21.1 Å². The number of benzene rings is 3. The molecule has 0 spiro atoms. The van der Waals surface area contributed by atoms with E-state index in [1.54, 1.807) is 37.4 Å². The van der Waals surface area contributed by atoms with E-state index in [0.717, 1.165) is 16.0 Å². The molecule has 0 saturated carbocycles. The predicted octanol–water partition coefficient (Wildman–Crippen LogP) is 5.96. The van der Waals surface area contributed by atoms with Gasteiger partial charge in [0.25, 0.3) is 11.8 Å². The van der Waals surface area contributed by atoms with E-state index in [1.807, 2.05) is 44.2 Å². The molecule has 3 aromatic rings. The lowest BCUT2D eigenvalue weighted by Gasteiger charge is -2.17. The second-order valence-corrected chi connectivity index (χ2v) is 9.26. The first kappa shape index (κ1) is 23.7. The largest absolute Gasteiger partial charge is 0.497 e. The maximum Gasteiger partial charge on any atom is 0.283 e. The highest BCUT2D eigenvalue weighted by Crippen LogP contribution is 2.40. The highest BCUT2D eigenvalue weighted by atomic mass is 35.5. The molecular weight excluding hydrogens is 472 g/mol. The zero-order valence-electron chi connectivity index (χ0n) is 19.1. The molecule has 3 aromatic carbocycles. The summed E-state index contributed by atoms with van der Waals surface area (Å²) in [6.45, 7) is 3.86. The molecule has 0 saturated heterocycles. The topological polar surface area (TPSA) is 67.9 Å². The Labute approximate surface area is 207 Å². The van der Waals surface area contributed by atoms with Gasteiger partial charge in [0.05, 0.1) is 25.6 Å². The number of ether oxygens (including phenoxy) is 2. The number of anilines is 2. The van der Waals surface area contributed by atoms with Gasteiger partial charge in [-0.05, 0) is 73.5 Å². The minimum absolute atomic E-state index is 0.174. The third-order valence-corrected chi connectivity index (χ3v) is 6.55. The molecule has 2 amide bonds. The van der Waals surface area contributed by atoms with Gasteiger partial charge in [-0.25, -0.2) is 4.90 Å². The Morgan fingerprint density at radius 1 is 0.853 bits per heavy atom. The van der Waals surface area contributed by atoms with Crippen LogP contribution in [0.4, 0.5) is 11.4 Å². The molecule has 0 unspecified atom stereocenters. The molecule has 174 valence electrons. The number of hydrogen-bond donors (Lipinski definition) is 1. The fourth-order valence-electron chi connectivity index (χ4n) is 3.69. The van der Waals surface area contributed by atoms with E-state index in [9.17, 15) is 9.59 Å². The van der Waals surface area contributed by atoms with Crippen molar-refractivity contribution in [3.63, 3.8) is 0 Å². The quantitative estimate of drug-likeness (QED) is 0.408. The summed E-state index contributed by atoms with van der Waals surface area (Å²) in [5, 5.41) is 3.73. The van der Waals surface area contributed by atoms with Gasteiger partial charge in [-0.1, -0.05) is 29.4 Å². The smallest absolute Gasteiger partial charge is 0.283 e. The summed E-state index contributed by atoms with van der Waals surface area (Å²) < 4.78 is 10.7. The van der Waals surface area contributed by atoms with Crippen molar-refractivity contribution in [3.8, 4) is 11.5 Å². The molecule has 1 aliphatic rings.